The lowest BCUT2D eigenvalue weighted by atomic mass is 10.2. The highest BCUT2D eigenvalue weighted by Gasteiger charge is 2.04. The molecule has 0 radical (unpaired) electrons. The van der Waals surface area contributed by atoms with E-state index in [1.807, 2.05) is 30.3 Å². The molecule has 122 valence electrons. The summed E-state index contributed by atoms with van der Waals surface area (Å²) in [5, 5.41) is 5.98. The van der Waals surface area contributed by atoms with Gasteiger partial charge in [0.15, 0.2) is 0 Å². The van der Waals surface area contributed by atoms with Crippen LogP contribution in [0.4, 0.5) is 11.4 Å². The Kier molecular flexibility index (Phi) is 6.41. The molecular formula is C18H24N4O. The lowest BCUT2D eigenvalue weighted by molar-refractivity contribution is -0.119. The van der Waals surface area contributed by atoms with E-state index in [1.165, 1.54) is 5.69 Å². The van der Waals surface area contributed by atoms with Gasteiger partial charge in [0.1, 0.15) is 0 Å². The average Bonchev–Trinajstić information content (AvgIpc) is 2.61. The average molecular weight is 312 g/mol. The van der Waals surface area contributed by atoms with Crippen LogP contribution in [0.5, 0.6) is 0 Å². The molecule has 5 heteroatoms. The van der Waals surface area contributed by atoms with Crippen LogP contribution < -0.4 is 15.5 Å². The largest absolute Gasteiger partial charge is 0.376 e. The molecule has 0 aliphatic rings. The number of hydrogen-bond acceptors (Lipinski definition) is 4. The maximum atomic E-state index is 11.8. The minimum atomic E-state index is -0.0523. The van der Waals surface area contributed by atoms with Gasteiger partial charge in [0.05, 0.1) is 18.8 Å². The molecule has 1 aromatic carbocycles. The van der Waals surface area contributed by atoms with Crippen LogP contribution in [-0.2, 0) is 11.3 Å². The molecule has 0 aliphatic heterocycles. The molecule has 0 bridgehead atoms. The first-order valence-corrected chi connectivity index (χ1v) is 7.98. The zero-order valence-electron chi connectivity index (χ0n) is 13.7. The summed E-state index contributed by atoms with van der Waals surface area (Å²) in [6.45, 7) is 6.95. The molecule has 0 fully saturated rings. The quantitative estimate of drug-likeness (QED) is 0.787. The van der Waals surface area contributed by atoms with Crippen LogP contribution in [0.3, 0.4) is 0 Å². The number of hydrogen-bond donors (Lipinski definition) is 2. The fraction of sp³-hybridized carbons (Fsp3) is 0.333. The van der Waals surface area contributed by atoms with E-state index in [9.17, 15) is 4.79 Å². The molecule has 1 aromatic heterocycles. The molecule has 5 nitrogen and oxygen atoms in total. The number of aromatic nitrogens is 1. The molecule has 0 atom stereocenters. The molecule has 1 heterocycles. The van der Waals surface area contributed by atoms with E-state index >= 15 is 0 Å². The number of nitrogens with zero attached hydrogens (tertiary/aromatic N) is 2. The number of nitrogens with one attached hydrogen (secondary N) is 2. The second-order valence-corrected chi connectivity index (χ2v) is 5.17. The normalized spacial score (nSPS) is 10.2. The van der Waals surface area contributed by atoms with Gasteiger partial charge in [-0.15, -0.1) is 0 Å². The fourth-order valence-corrected chi connectivity index (χ4v) is 2.32. The highest BCUT2D eigenvalue weighted by molar-refractivity contribution is 5.80. The van der Waals surface area contributed by atoms with Gasteiger partial charge in [-0.25, -0.2) is 0 Å². The molecule has 2 rings (SSSR count). The lowest BCUT2D eigenvalue weighted by Crippen LogP contribution is -2.29. The SMILES string of the molecule is CCN(CC)c1ccc(NCC(=O)NCc2ccccn2)cc1. The van der Waals surface area contributed by atoms with E-state index in [-0.39, 0.29) is 12.5 Å². The predicted octanol–water partition coefficient (Wildman–Crippen LogP) is 2.66. The minimum Gasteiger partial charge on any atom is -0.376 e. The Morgan fingerprint density at radius 1 is 1.09 bits per heavy atom. The van der Waals surface area contributed by atoms with Gasteiger partial charge >= 0.3 is 0 Å². The molecule has 0 saturated heterocycles. The molecule has 2 N–H and O–H groups in total. The highest BCUT2D eigenvalue weighted by Crippen LogP contribution is 2.17. The Morgan fingerprint density at radius 2 is 1.83 bits per heavy atom. The third-order valence-corrected chi connectivity index (χ3v) is 3.64. The Morgan fingerprint density at radius 3 is 2.43 bits per heavy atom. The first-order chi connectivity index (χ1) is 11.2. The predicted molar refractivity (Wildman–Crippen MR) is 94.6 cm³/mol. The maximum Gasteiger partial charge on any atom is 0.239 e. The van der Waals surface area contributed by atoms with Crippen molar-refractivity contribution in [3.05, 3.63) is 54.4 Å². The van der Waals surface area contributed by atoms with Crippen molar-refractivity contribution < 1.29 is 4.79 Å². The van der Waals surface area contributed by atoms with Gasteiger partial charge in [0, 0.05) is 30.7 Å². The molecule has 1 amide bonds. The highest BCUT2D eigenvalue weighted by atomic mass is 16.1. The van der Waals surface area contributed by atoms with Crippen LogP contribution in [0.2, 0.25) is 0 Å². The van der Waals surface area contributed by atoms with Gasteiger partial charge in [-0.05, 0) is 50.2 Å². The van der Waals surface area contributed by atoms with E-state index in [2.05, 4.69) is 46.5 Å². The summed E-state index contributed by atoms with van der Waals surface area (Å²) in [5.41, 5.74) is 2.98. The van der Waals surface area contributed by atoms with Crippen molar-refractivity contribution in [2.24, 2.45) is 0 Å². The summed E-state index contributed by atoms with van der Waals surface area (Å²) in [5.74, 6) is -0.0523. The number of carbonyl (C=O) groups is 1. The maximum absolute atomic E-state index is 11.8. The van der Waals surface area contributed by atoms with E-state index in [0.717, 1.165) is 24.5 Å². The van der Waals surface area contributed by atoms with Gasteiger partial charge in [0.2, 0.25) is 5.91 Å². The summed E-state index contributed by atoms with van der Waals surface area (Å²) < 4.78 is 0. The Bertz CT molecular complexity index is 594. The van der Waals surface area contributed by atoms with Crippen molar-refractivity contribution >= 4 is 17.3 Å². The Labute approximate surface area is 137 Å². The zero-order valence-corrected chi connectivity index (χ0v) is 13.7. The summed E-state index contributed by atoms with van der Waals surface area (Å²) in [6.07, 6.45) is 1.72. The van der Waals surface area contributed by atoms with Crippen LogP contribution in [0.1, 0.15) is 19.5 Å². The minimum absolute atomic E-state index is 0.0523. The van der Waals surface area contributed by atoms with E-state index in [4.69, 9.17) is 0 Å². The van der Waals surface area contributed by atoms with Crippen molar-refractivity contribution in [1.82, 2.24) is 10.3 Å². The molecule has 0 unspecified atom stereocenters. The van der Waals surface area contributed by atoms with Gasteiger partial charge < -0.3 is 15.5 Å². The Hall–Kier alpha value is -2.56. The zero-order chi connectivity index (χ0) is 16.5. The van der Waals surface area contributed by atoms with Crippen molar-refractivity contribution in [2.45, 2.75) is 20.4 Å². The van der Waals surface area contributed by atoms with Crippen LogP contribution in [-0.4, -0.2) is 30.5 Å². The molecule has 2 aromatic rings. The third-order valence-electron chi connectivity index (χ3n) is 3.64. The number of benzene rings is 1. The van der Waals surface area contributed by atoms with Crippen molar-refractivity contribution in [3.63, 3.8) is 0 Å². The monoisotopic (exact) mass is 312 g/mol. The third kappa shape index (κ3) is 5.29. The first-order valence-electron chi connectivity index (χ1n) is 7.98. The number of anilines is 2. The number of carbonyl (C=O) groups excluding carboxylic acids is 1. The molecular weight excluding hydrogens is 288 g/mol. The fourth-order valence-electron chi connectivity index (χ4n) is 2.32. The standard InChI is InChI=1S/C18H24N4O/c1-3-22(4-2)17-10-8-15(9-11-17)20-14-18(23)21-13-16-7-5-6-12-19-16/h5-12,20H,3-4,13-14H2,1-2H3,(H,21,23). The van der Waals surface area contributed by atoms with Crippen molar-refractivity contribution in [3.8, 4) is 0 Å². The number of amides is 1. The molecule has 0 spiro atoms. The summed E-state index contributed by atoms with van der Waals surface area (Å²) in [4.78, 5) is 18.3. The molecule has 23 heavy (non-hydrogen) atoms. The topological polar surface area (TPSA) is 57.3 Å². The second-order valence-electron chi connectivity index (χ2n) is 5.17. The van der Waals surface area contributed by atoms with Crippen LogP contribution in [0, 0.1) is 0 Å². The number of pyridine rings is 1. The van der Waals surface area contributed by atoms with E-state index < -0.39 is 0 Å². The smallest absolute Gasteiger partial charge is 0.239 e. The van der Waals surface area contributed by atoms with Crippen LogP contribution in [0.15, 0.2) is 48.7 Å². The second kappa shape index (κ2) is 8.78. The van der Waals surface area contributed by atoms with Gasteiger partial charge in [-0.3, -0.25) is 9.78 Å². The van der Waals surface area contributed by atoms with Crippen molar-refractivity contribution in [2.75, 3.05) is 29.9 Å². The van der Waals surface area contributed by atoms with Gasteiger partial charge in [-0.1, -0.05) is 6.07 Å². The number of rotatable bonds is 8. The van der Waals surface area contributed by atoms with Crippen LogP contribution >= 0.6 is 0 Å². The van der Waals surface area contributed by atoms with E-state index in [0.29, 0.717) is 6.54 Å². The summed E-state index contributed by atoms with van der Waals surface area (Å²) in [7, 11) is 0. The Balaban J connectivity index is 1.78. The van der Waals surface area contributed by atoms with Crippen molar-refractivity contribution in [1.29, 1.82) is 0 Å². The summed E-state index contributed by atoms with van der Waals surface area (Å²) >= 11 is 0. The first kappa shape index (κ1) is 16.8. The van der Waals surface area contributed by atoms with E-state index in [1.54, 1.807) is 6.20 Å². The van der Waals surface area contributed by atoms with Gasteiger partial charge in [-0.2, -0.15) is 0 Å². The lowest BCUT2D eigenvalue weighted by Gasteiger charge is -2.21. The van der Waals surface area contributed by atoms with Gasteiger partial charge in [0.25, 0.3) is 0 Å². The summed E-state index contributed by atoms with van der Waals surface area (Å²) in [6, 6.07) is 13.8. The molecule has 0 saturated carbocycles. The molecule has 0 aliphatic carbocycles. The van der Waals surface area contributed by atoms with Crippen LogP contribution in [0.25, 0.3) is 0 Å².